The van der Waals surface area contributed by atoms with Crippen LogP contribution >= 0.6 is 0 Å². The van der Waals surface area contributed by atoms with E-state index in [0.717, 1.165) is 0 Å². The molecule has 0 aliphatic carbocycles. The zero-order chi connectivity index (χ0) is 10.0. The number of ketones is 1. The fraction of sp³-hybridized carbons (Fsp3) is 0.889. The highest BCUT2D eigenvalue weighted by Crippen LogP contribution is 2.22. The molecule has 1 aliphatic rings. The van der Waals surface area contributed by atoms with Crippen LogP contribution in [0.25, 0.3) is 0 Å². The van der Waals surface area contributed by atoms with Crippen molar-refractivity contribution in [1.29, 1.82) is 0 Å². The van der Waals surface area contributed by atoms with Gasteiger partial charge in [0.25, 0.3) is 0 Å². The van der Waals surface area contributed by atoms with Gasteiger partial charge in [-0.1, -0.05) is 0 Å². The topological polar surface area (TPSA) is 66.8 Å². The molecular formula is C9H16O4. The lowest BCUT2D eigenvalue weighted by Crippen LogP contribution is -2.48. The molecular weight excluding hydrogens is 172 g/mol. The van der Waals surface area contributed by atoms with Gasteiger partial charge in [0.1, 0.15) is 11.9 Å². The van der Waals surface area contributed by atoms with Crippen LogP contribution in [0.15, 0.2) is 0 Å². The maximum Gasteiger partial charge on any atom is 0.132 e. The first-order valence-corrected chi connectivity index (χ1v) is 4.51. The van der Waals surface area contributed by atoms with Crippen molar-refractivity contribution < 1.29 is 19.7 Å². The maximum atomic E-state index is 10.8. The lowest BCUT2D eigenvalue weighted by Gasteiger charge is -2.35. The van der Waals surface area contributed by atoms with E-state index in [4.69, 9.17) is 4.74 Å². The standard InChI is InChI=1S/C9H16O4/c1-5(10)3-8-9(12)7(11)4-6(2)13-8/h6-9,11-12H,3-4H2,1-2H3/t6-,7-,8-,9+/m0/s1. The lowest BCUT2D eigenvalue weighted by molar-refractivity contribution is -0.167. The Bertz CT molecular complexity index is 192. The van der Waals surface area contributed by atoms with E-state index in [1.807, 2.05) is 6.92 Å². The molecule has 4 heteroatoms. The summed E-state index contributed by atoms with van der Waals surface area (Å²) in [5.41, 5.74) is 0. The van der Waals surface area contributed by atoms with Crippen LogP contribution < -0.4 is 0 Å². The Morgan fingerprint density at radius 3 is 2.69 bits per heavy atom. The molecule has 1 heterocycles. The van der Waals surface area contributed by atoms with Gasteiger partial charge >= 0.3 is 0 Å². The molecule has 0 unspecified atom stereocenters. The quantitative estimate of drug-likeness (QED) is 0.633. The summed E-state index contributed by atoms with van der Waals surface area (Å²) in [4.78, 5) is 10.8. The van der Waals surface area contributed by atoms with Crippen molar-refractivity contribution in [3.8, 4) is 0 Å². The van der Waals surface area contributed by atoms with Crippen LogP contribution in [0.3, 0.4) is 0 Å². The number of carbonyl (C=O) groups is 1. The fourth-order valence-electron chi connectivity index (χ4n) is 1.61. The molecule has 0 aromatic carbocycles. The molecule has 76 valence electrons. The number of carbonyl (C=O) groups excluding carboxylic acids is 1. The molecule has 0 aromatic heterocycles. The molecule has 0 amide bonds. The number of rotatable bonds is 2. The Morgan fingerprint density at radius 1 is 1.54 bits per heavy atom. The predicted molar refractivity (Wildman–Crippen MR) is 46.3 cm³/mol. The summed E-state index contributed by atoms with van der Waals surface area (Å²) in [7, 11) is 0. The van der Waals surface area contributed by atoms with Crippen LogP contribution in [-0.2, 0) is 9.53 Å². The predicted octanol–water partition coefficient (Wildman–Crippen LogP) is -0.135. The van der Waals surface area contributed by atoms with E-state index < -0.39 is 18.3 Å². The molecule has 1 rings (SSSR count). The summed E-state index contributed by atoms with van der Waals surface area (Å²) in [5.74, 6) is -0.0367. The molecule has 0 radical (unpaired) electrons. The van der Waals surface area contributed by atoms with Crippen molar-refractivity contribution in [1.82, 2.24) is 0 Å². The fourth-order valence-corrected chi connectivity index (χ4v) is 1.61. The molecule has 13 heavy (non-hydrogen) atoms. The first-order valence-electron chi connectivity index (χ1n) is 4.51. The lowest BCUT2D eigenvalue weighted by atomic mass is 9.95. The highest BCUT2D eigenvalue weighted by molar-refractivity contribution is 5.76. The van der Waals surface area contributed by atoms with E-state index in [-0.39, 0.29) is 18.3 Å². The number of Topliss-reactive ketones (excluding diaryl/α,β-unsaturated/α-hetero) is 1. The maximum absolute atomic E-state index is 10.8. The van der Waals surface area contributed by atoms with Gasteiger partial charge < -0.3 is 14.9 Å². The molecule has 0 aromatic rings. The van der Waals surface area contributed by atoms with E-state index in [1.165, 1.54) is 6.92 Å². The average Bonchev–Trinajstić information content (AvgIpc) is 1.98. The van der Waals surface area contributed by atoms with Crippen molar-refractivity contribution >= 4 is 5.78 Å². The van der Waals surface area contributed by atoms with Crippen LogP contribution in [0.1, 0.15) is 26.7 Å². The molecule has 1 aliphatic heterocycles. The average molecular weight is 188 g/mol. The number of hydrogen-bond donors (Lipinski definition) is 2. The van der Waals surface area contributed by atoms with Gasteiger partial charge in [-0.25, -0.2) is 0 Å². The van der Waals surface area contributed by atoms with Gasteiger partial charge in [0, 0.05) is 12.8 Å². The van der Waals surface area contributed by atoms with Gasteiger partial charge in [0.2, 0.25) is 0 Å². The summed E-state index contributed by atoms with van der Waals surface area (Å²) >= 11 is 0. The molecule has 0 bridgehead atoms. The largest absolute Gasteiger partial charge is 0.390 e. The highest BCUT2D eigenvalue weighted by Gasteiger charge is 2.35. The van der Waals surface area contributed by atoms with Crippen molar-refractivity contribution in [3.63, 3.8) is 0 Å². The molecule has 0 saturated carbocycles. The SMILES string of the molecule is CC(=O)C[C@@H]1O[C@@H](C)C[C@H](O)[C@H]1O. The summed E-state index contributed by atoms with van der Waals surface area (Å²) < 4.78 is 5.35. The van der Waals surface area contributed by atoms with Gasteiger partial charge in [-0.2, -0.15) is 0 Å². The normalized spacial score (nSPS) is 40.3. The first kappa shape index (κ1) is 10.6. The Balaban J connectivity index is 2.55. The molecule has 0 spiro atoms. The second-order valence-electron chi connectivity index (χ2n) is 3.68. The van der Waals surface area contributed by atoms with Gasteiger partial charge in [-0.3, -0.25) is 4.79 Å². The van der Waals surface area contributed by atoms with E-state index in [9.17, 15) is 15.0 Å². The minimum Gasteiger partial charge on any atom is -0.390 e. The number of hydrogen-bond acceptors (Lipinski definition) is 4. The van der Waals surface area contributed by atoms with E-state index in [1.54, 1.807) is 0 Å². The molecule has 1 saturated heterocycles. The monoisotopic (exact) mass is 188 g/mol. The molecule has 4 atom stereocenters. The number of aliphatic hydroxyl groups is 2. The van der Waals surface area contributed by atoms with E-state index in [2.05, 4.69) is 0 Å². The van der Waals surface area contributed by atoms with E-state index >= 15 is 0 Å². The van der Waals surface area contributed by atoms with E-state index in [0.29, 0.717) is 6.42 Å². The third-order valence-corrected chi connectivity index (χ3v) is 2.24. The Labute approximate surface area is 77.5 Å². The van der Waals surface area contributed by atoms with Crippen LogP contribution in [-0.4, -0.2) is 40.4 Å². The van der Waals surface area contributed by atoms with Crippen molar-refractivity contribution in [2.75, 3.05) is 0 Å². The minimum atomic E-state index is -0.930. The smallest absolute Gasteiger partial charge is 0.132 e. The van der Waals surface area contributed by atoms with Gasteiger partial charge in [0.15, 0.2) is 0 Å². The zero-order valence-corrected chi connectivity index (χ0v) is 7.93. The third kappa shape index (κ3) is 2.76. The van der Waals surface area contributed by atoms with Gasteiger partial charge in [0.05, 0.1) is 18.3 Å². The van der Waals surface area contributed by atoms with Crippen molar-refractivity contribution in [3.05, 3.63) is 0 Å². The summed E-state index contributed by atoms with van der Waals surface area (Å²) in [6.45, 7) is 3.27. The highest BCUT2D eigenvalue weighted by atomic mass is 16.5. The van der Waals surface area contributed by atoms with Crippen LogP contribution in [0, 0.1) is 0 Å². The van der Waals surface area contributed by atoms with Gasteiger partial charge in [-0.15, -0.1) is 0 Å². The Kier molecular flexibility index (Phi) is 3.41. The second kappa shape index (κ2) is 4.17. The summed E-state index contributed by atoms with van der Waals surface area (Å²) in [6.07, 6.45) is -1.75. The molecule has 1 fully saturated rings. The Hall–Kier alpha value is -0.450. The summed E-state index contributed by atoms with van der Waals surface area (Å²) in [6, 6.07) is 0. The van der Waals surface area contributed by atoms with Crippen molar-refractivity contribution in [2.45, 2.75) is 51.1 Å². The number of ether oxygens (including phenoxy) is 1. The second-order valence-corrected chi connectivity index (χ2v) is 3.68. The van der Waals surface area contributed by atoms with Gasteiger partial charge in [-0.05, 0) is 13.8 Å². The summed E-state index contributed by atoms with van der Waals surface area (Å²) in [5, 5.41) is 18.9. The third-order valence-electron chi connectivity index (χ3n) is 2.24. The molecule has 2 N–H and O–H groups in total. The van der Waals surface area contributed by atoms with Crippen LogP contribution in [0.5, 0.6) is 0 Å². The first-order chi connectivity index (χ1) is 6.00. The minimum absolute atomic E-state index is 0.0367. The molecule has 4 nitrogen and oxygen atoms in total. The van der Waals surface area contributed by atoms with Crippen LogP contribution in [0.4, 0.5) is 0 Å². The Morgan fingerprint density at radius 2 is 2.15 bits per heavy atom. The van der Waals surface area contributed by atoms with Crippen LogP contribution in [0.2, 0.25) is 0 Å². The van der Waals surface area contributed by atoms with Crippen molar-refractivity contribution in [2.24, 2.45) is 0 Å². The number of aliphatic hydroxyl groups excluding tert-OH is 2. The zero-order valence-electron chi connectivity index (χ0n) is 7.93.